The molecule has 0 N–H and O–H groups in total. The second-order valence-corrected chi connectivity index (χ2v) is 6.09. The van der Waals surface area contributed by atoms with Crippen molar-refractivity contribution >= 4 is 61.7 Å². The predicted octanol–water partition coefficient (Wildman–Crippen LogP) is 5.13. The van der Waals surface area contributed by atoms with Crippen LogP contribution in [-0.2, 0) is 0 Å². The van der Waals surface area contributed by atoms with Gasteiger partial charge in [-0.05, 0) is 47.7 Å². The molecule has 1 heterocycles. The summed E-state index contributed by atoms with van der Waals surface area (Å²) in [5, 5.41) is 1.10. The Bertz CT molecular complexity index is 567. The standard InChI is InChI=1S/C11H6BrCl2IN2/c1-5-9(15)10(14)17-11(16-5)7-4-6(13)2-3-8(7)12/h2-4H,1H3. The SMILES string of the molecule is Cc1nc(-c2cc(Cl)ccc2Br)nc(Cl)c1I. The third-order valence-electron chi connectivity index (χ3n) is 2.15. The molecule has 6 heteroatoms. The first-order chi connectivity index (χ1) is 7.99. The van der Waals surface area contributed by atoms with Crippen LogP contribution in [0.15, 0.2) is 22.7 Å². The average Bonchev–Trinajstić information content (AvgIpc) is 2.28. The van der Waals surface area contributed by atoms with E-state index in [2.05, 4.69) is 48.5 Å². The molecule has 0 fully saturated rings. The van der Waals surface area contributed by atoms with Crippen molar-refractivity contribution in [3.8, 4) is 11.4 Å². The highest BCUT2D eigenvalue weighted by molar-refractivity contribution is 14.1. The molecule has 2 nitrogen and oxygen atoms in total. The number of benzene rings is 1. The van der Waals surface area contributed by atoms with Gasteiger partial charge in [-0.15, -0.1) is 0 Å². The van der Waals surface area contributed by atoms with Gasteiger partial charge in [0, 0.05) is 15.1 Å². The van der Waals surface area contributed by atoms with Crippen LogP contribution in [0.2, 0.25) is 10.2 Å². The zero-order chi connectivity index (χ0) is 12.6. The number of nitrogens with zero attached hydrogens (tertiary/aromatic N) is 2. The monoisotopic (exact) mass is 442 g/mol. The Morgan fingerprint density at radius 1 is 1.24 bits per heavy atom. The first-order valence-electron chi connectivity index (χ1n) is 4.64. The van der Waals surface area contributed by atoms with Gasteiger partial charge >= 0.3 is 0 Å². The van der Waals surface area contributed by atoms with E-state index in [9.17, 15) is 0 Å². The van der Waals surface area contributed by atoms with Crippen LogP contribution in [-0.4, -0.2) is 9.97 Å². The molecule has 0 amide bonds. The number of hydrogen-bond acceptors (Lipinski definition) is 2. The first kappa shape index (κ1) is 13.5. The molecule has 1 aromatic carbocycles. The van der Waals surface area contributed by atoms with Crippen LogP contribution in [0.3, 0.4) is 0 Å². The molecule has 0 aliphatic carbocycles. The summed E-state index contributed by atoms with van der Waals surface area (Å²) in [7, 11) is 0. The number of halogens is 4. The number of aryl methyl sites for hydroxylation is 1. The molecule has 2 aromatic rings. The highest BCUT2D eigenvalue weighted by atomic mass is 127. The van der Waals surface area contributed by atoms with Crippen LogP contribution in [0.1, 0.15) is 5.69 Å². The Hall–Kier alpha value is 0.0900. The molecule has 0 spiro atoms. The van der Waals surface area contributed by atoms with E-state index >= 15 is 0 Å². The van der Waals surface area contributed by atoms with Gasteiger partial charge in [-0.2, -0.15) is 0 Å². The molecule has 0 saturated carbocycles. The molecule has 0 bridgehead atoms. The molecule has 88 valence electrons. The fourth-order valence-corrected chi connectivity index (χ4v) is 2.37. The van der Waals surface area contributed by atoms with Crippen LogP contribution in [0.5, 0.6) is 0 Å². The molecule has 0 aliphatic heterocycles. The summed E-state index contributed by atoms with van der Waals surface area (Å²) >= 11 is 17.6. The number of aromatic nitrogens is 2. The van der Waals surface area contributed by atoms with Gasteiger partial charge in [0.1, 0.15) is 5.15 Å². The second-order valence-electron chi connectivity index (χ2n) is 3.36. The predicted molar refractivity (Wildman–Crippen MR) is 82.6 cm³/mol. The van der Waals surface area contributed by atoms with Crippen molar-refractivity contribution in [1.29, 1.82) is 0 Å². The van der Waals surface area contributed by atoms with Crippen LogP contribution in [0.25, 0.3) is 11.4 Å². The molecule has 0 radical (unpaired) electrons. The van der Waals surface area contributed by atoms with Gasteiger partial charge in [0.25, 0.3) is 0 Å². The Kier molecular flexibility index (Phi) is 4.28. The molecule has 0 unspecified atom stereocenters. The van der Waals surface area contributed by atoms with Crippen molar-refractivity contribution in [2.45, 2.75) is 6.92 Å². The fourth-order valence-electron chi connectivity index (χ4n) is 1.31. The van der Waals surface area contributed by atoms with Gasteiger partial charge in [0.05, 0.1) is 9.26 Å². The van der Waals surface area contributed by atoms with Gasteiger partial charge in [-0.3, -0.25) is 0 Å². The van der Waals surface area contributed by atoms with Crippen LogP contribution in [0.4, 0.5) is 0 Å². The fraction of sp³-hybridized carbons (Fsp3) is 0.0909. The van der Waals surface area contributed by atoms with Gasteiger partial charge in [0.2, 0.25) is 0 Å². The van der Waals surface area contributed by atoms with Gasteiger partial charge in [0.15, 0.2) is 5.82 Å². The first-order valence-corrected chi connectivity index (χ1v) is 7.27. The maximum Gasteiger partial charge on any atom is 0.162 e. The lowest BCUT2D eigenvalue weighted by Gasteiger charge is -2.07. The van der Waals surface area contributed by atoms with Crippen LogP contribution < -0.4 is 0 Å². The molecule has 2 rings (SSSR count). The van der Waals surface area contributed by atoms with Crippen LogP contribution in [0, 0.1) is 10.5 Å². The maximum atomic E-state index is 6.05. The molecule has 0 aliphatic rings. The van der Waals surface area contributed by atoms with E-state index in [1.165, 1.54) is 0 Å². The summed E-state index contributed by atoms with van der Waals surface area (Å²) in [6.07, 6.45) is 0. The summed E-state index contributed by atoms with van der Waals surface area (Å²) in [5.41, 5.74) is 1.69. The summed E-state index contributed by atoms with van der Waals surface area (Å²) < 4.78 is 1.75. The van der Waals surface area contributed by atoms with Gasteiger partial charge in [-0.1, -0.05) is 39.1 Å². The Balaban J connectivity index is 2.64. The van der Waals surface area contributed by atoms with Gasteiger partial charge < -0.3 is 0 Å². The molecular weight excluding hydrogens is 438 g/mol. The van der Waals surface area contributed by atoms with Crippen molar-refractivity contribution in [1.82, 2.24) is 9.97 Å². The van der Waals surface area contributed by atoms with E-state index in [4.69, 9.17) is 23.2 Å². The quantitative estimate of drug-likeness (QED) is 0.451. The highest BCUT2D eigenvalue weighted by Crippen LogP contribution is 2.30. The van der Waals surface area contributed by atoms with Crippen molar-refractivity contribution < 1.29 is 0 Å². The largest absolute Gasteiger partial charge is 0.232 e. The van der Waals surface area contributed by atoms with Crippen molar-refractivity contribution in [3.63, 3.8) is 0 Å². The van der Waals surface area contributed by atoms with E-state index in [0.717, 1.165) is 19.3 Å². The topological polar surface area (TPSA) is 25.8 Å². The second kappa shape index (κ2) is 5.38. The third kappa shape index (κ3) is 2.92. The molecule has 0 atom stereocenters. The minimum Gasteiger partial charge on any atom is -0.232 e. The average molecular weight is 444 g/mol. The summed E-state index contributed by atoms with van der Waals surface area (Å²) in [4.78, 5) is 8.68. The van der Waals surface area contributed by atoms with E-state index in [-0.39, 0.29) is 0 Å². The summed E-state index contributed by atoms with van der Waals surface area (Å²) in [5.74, 6) is 0.572. The zero-order valence-corrected chi connectivity index (χ0v) is 13.9. The smallest absolute Gasteiger partial charge is 0.162 e. The normalized spacial score (nSPS) is 10.6. The number of rotatable bonds is 1. The molecule has 17 heavy (non-hydrogen) atoms. The van der Waals surface area contributed by atoms with Crippen LogP contribution >= 0.6 is 61.7 Å². The molecular formula is C11H6BrCl2IN2. The lowest BCUT2D eigenvalue weighted by molar-refractivity contribution is 1.09. The summed E-state index contributed by atoms with van der Waals surface area (Å²) in [6.45, 7) is 1.90. The van der Waals surface area contributed by atoms with E-state index < -0.39 is 0 Å². The van der Waals surface area contributed by atoms with Crippen molar-refractivity contribution in [2.75, 3.05) is 0 Å². The van der Waals surface area contributed by atoms with E-state index in [1.807, 2.05) is 19.1 Å². The van der Waals surface area contributed by atoms with Gasteiger partial charge in [-0.25, -0.2) is 9.97 Å². The van der Waals surface area contributed by atoms with E-state index in [0.29, 0.717) is 16.0 Å². The third-order valence-corrected chi connectivity index (χ3v) is 4.96. The Labute approximate surface area is 131 Å². The molecule has 0 saturated heterocycles. The van der Waals surface area contributed by atoms with E-state index in [1.54, 1.807) is 6.07 Å². The molecule has 1 aromatic heterocycles. The van der Waals surface area contributed by atoms with Crippen molar-refractivity contribution in [2.24, 2.45) is 0 Å². The Morgan fingerprint density at radius 3 is 2.59 bits per heavy atom. The highest BCUT2D eigenvalue weighted by Gasteiger charge is 2.11. The zero-order valence-electron chi connectivity index (χ0n) is 8.64. The number of hydrogen-bond donors (Lipinski definition) is 0. The van der Waals surface area contributed by atoms with Crippen molar-refractivity contribution in [3.05, 3.63) is 42.1 Å². The Morgan fingerprint density at radius 2 is 1.94 bits per heavy atom. The lowest BCUT2D eigenvalue weighted by Crippen LogP contribution is -1.97. The minimum atomic E-state index is 0.458. The summed E-state index contributed by atoms with van der Waals surface area (Å²) in [6, 6.07) is 5.47. The minimum absolute atomic E-state index is 0.458. The maximum absolute atomic E-state index is 6.05. The lowest BCUT2D eigenvalue weighted by atomic mass is 10.2.